The molecule has 0 atom stereocenters. The molecule has 8 heteroatoms. The fourth-order valence-corrected chi connectivity index (χ4v) is 3.23. The third-order valence-corrected chi connectivity index (χ3v) is 4.91. The summed E-state index contributed by atoms with van der Waals surface area (Å²) in [6, 6.07) is 4.17. The molecular formula is C13H17ClN2O4S. The van der Waals surface area contributed by atoms with E-state index >= 15 is 0 Å². The maximum atomic E-state index is 12.0. The molecule has 1 aliphatic rings. The molecule has 0 amide bonds. The molecule has 0 unspecified atom stereocenters. The Morgan fingerprint density at radius 1 is 1.33 bits per heavy atom. The molecule has 1 saturated carbocycles. The average Bonchev–Trinajstić information content (AvgIpc) is 3.21. The van der Waals surface area contributed by atoms with E-state index in [9.17, 15) is 13.2 Å². The Morgan fingerprint density at radius 3 is 2.62 bits per heavy atom. The Morgan fingerprint density at radius 2 is 2.05 bits per heavy atom. The quantitative estimate of drug-likeness (QED) is 0.626. The van der Waals surface area contributed by atoms with Crippen LogP contribution in [0.2, 0.25) is 5.02 Å². The lowest BCUT2D eigenvalue weighted by molar-refractivity contribution is 0.0697. The summed E-state index contributed by atoms with van der Waals surface area (Å²) in [6.07, 6.45) is 3.08. The van der Waals surface area contributed by atoms with Crippen LogP contribution >= 0.6 is 11.6 Å². The van der Waals surface area contributed by atoms with Crippen molar-refractivity contribution in [1.29, 1.82) is 0 Å². The zero-order chi connectivity index (χ0) is 15.5. The Balaban J connectivity index is 1.91. The van der Waals surface area contributed by atoms with Crippen molar-refractivity contribution in [2.45, 2.75) is 30.2 Å². The molecule has 0 heterocycles. The predicted molar refractivity (Wildman–Crippen MR) is 79.2 cm³/mol. The van der Waals surface area contributed by atoms with E-state index in [0.717, 1.165) is 12.6 Å². The third kappa shape index (κ3) is 4.67. The van der Waals surface area contributed by atoms with Gasteiger partial charge in [-0.05, 0) is 44.0 Å². The van der Waals surface area contributed by atoms with E-state index in [1.165, 1.54) is 25.0 Å². The molecule has 0 bridgehead atoms. The topological polar surface area (TPSA) is 95.5 Å². The number of aromatic carboxylic acids is 1. The fourth-order valence-electron chi connectivity index (χ4n) is 1.81. The second-order valence-corrected chi connectivity index (χ2v) is 7.10. The van der Waals surface area contributed by atoms with E-state index in [1.54, 1.807) is 0 Å². The van der Waals surface area contributed by atoms with Crippen LogP contribution in [-0.4, -0.2) is 38.6 Å². The Hall–Kier alpha value is -1.15. The molecule has 0 spiro atoms. The number of hydrogen-bond acceptors (Lipinski definition) is 4. The number of carboxylic acid groups (broad SMARTS) is 1. The number of carbonyl (C=O) groups is 1. The predicted octanol–water partition coefficient (Wildman–Crippen LogP) is 1.46. The fraction of sp³-hybridized carbons (Fsp3) is 0.462. The van der Waals surface area contributed by atoms with E-state index in [4.69, 9.17) is 16.7 Å². The number of carboxylic acids is 1. The highest BCUT2D eigenvalue weighted by Gasteiger charge is 2.20. The minimum Gasteiger partial charge on any atom is -0.478 e. The van der Waals surface area contributed by atoms with Crippen molar-refractivity contribution >= 4 is 27.6 Å². The van der Waals surface area contributed by atoms with Crippen LogP contribution in [0, 0.1) is 0 Å². The number of rotatable bonds is 8. The summed E-state index contributed by atoms with van der Waals surface area (Å²) in [5.41, 5.74) is -0.121. The van der Waals surface area contributed by atoms with Gasteiger partial charge in [-0.1, -0.05) is 11.6 Å². The minimum atomic E-state index is -3.67. The molecular weight excluding hydrogens is 316 g/mol. The first-order chi connectivity index (χ1) is 9.90. The first-order valence-corrected chi connectivity index (χ1v) is 8.52. The smallest absolute Gasteiger partial charge is 0.337 e. The standard InChI is InChI=1S/C13H17ClN2O4S/c14-12-8-10(4-5-11(12)13(17)18)21(19,20)16-7-1-6-15-9-2-3-9/h4-5,8-9,15-16H,1-3,6-7H2,(H,17,18). The van der Waals surface area contributed by atoms with Crippen molar-refractivity contribution < 1.29 is 18.3 Å². The van der Waals surface area contributed by atoms with Crippen LogP contribution in [0.3, 0.4) is 0 Å². The zero-order valence-electron chi connectivity index (χ0n) is 11.3. The number of nitrogens with one attached hydrogen (secondary N) is 2. The van der Waals surface area contributed by atoms with Gasteiger partial charge in [0.2, 0.25) is 10.0 Å². The van der Waals surface area contributed by atoms with Crippen molar-refractivity contribution in [2.24, 2.45) is 0 Å². The highest BCUT2D eigenvalue weighted by Crippen LogP contribution is 2.21. The number of sulfonamides is 1. The van der Waals surface area contributed by atoms with E-state index in [2.05, 4.69) is 10.0 Å². The SMILES string of the molecule is O=C(O)c1ccc(S(=O)(=O)NCCCNC2CC2)cc1Cl. The first kappa shape index (κ1) is 16.2. The first-order valence-electron chi connectivity index (χ1n) is 6.66. The summed E-state index contributed by atoms with van der Waals surface area (Å²) in [5.74, 6) is -1.19. The van der Waals surface area contributed by atoms with Crippen molar-refractivity contribution in [3.63, 3.8) is 0 Å². The summed E-state index contributed by atoms with van der Waals surface area (Å²) in [5, 5.41) is 12.0. The van der Waals surface area contributed by atoms with Gasteiger partial charge in [-0.2, -0.15) is 0 Å². The molecule has 0 radical (unpaired) electrons. The van der Waals surface area contributed by atoms with Gasteiger partial charge in [0, 0.05) is 12.6 Å². The van der Waals surface area contributed by atoms with Crippen molar-refractivity contribution in [3.8, 4) is 0 Å². The molecule has 0 saturated heterocycles. The maximum Gasteiger partial charge on any atom is 0.337 e. The van der Waals surface area contributed by atoms with Gasteiger partial charge in [0.15, 0.2) is 0 Å². The summed E-state index contributed by atoms with van der Waals surface area (Å²) in [7, 11) is -3.67. The minimum absolute atomic E-state index is 0.0346. The number of halogens is 1. The molecule has 1 aromatic carbocycles. The number of benzene rings is 1. The summed E-state index contributed by atoms with van der Waals surface area (Å²) in [4.78, 5) is 10.8. The van der Waals surface area contributed by atoms with Crippen LogP contribution in [0.4, 0.5) is 0 Å². The van der Waals surface area contributed by atoms with Crippen LogP contribution in [0.15, 0.2) is 23.1 Å². The molecule has 6 nitrogen and oxygen atoms in total. The highest BCUT2D eigenvalue weighted by atomic mass is 35.5. The van der Waals surface area contributed by atoms with Gasteiger partial charge in [0.25, 0.3) is 0 Å². The third-order valence-electron chi connectivity index (χ3n) is 3.14. The number of hydrogen-bond donors (Lipinski definition) is 3. The lowest BCUT2D eigenvalue weighted by Crippen LogP contribution is -2.28. The van der Waals surface area contributed by atoms with Gasteiger partial charge >= 0.3 is 5.97 Å². The Kier molecular flexibility index (Phi) is 5.21. The van der Waals surface area contributed by atoms with Crippen molar-refractivity contribution in [1.82, 2.24) is 10.0 Å². The Bertz CT molecular complexity index is 629. The van der Waals surface area contributed by atoms with Crippen LogP contribution in [0.25, 0.3) is 0 Å². The average molecular weight is 333 g/mol. The normalized spacial score (nSPS) is 15.1. The maximum absolute atomic E-state index is 12.0. The van der Waals surface area contributed by atoms with E-state index < -0.39 is 16.0 Å². The molecule has 21 heavy (non-hydrogen) atoms. The Labute approximate surface area is 128 Å². The van der Waals surface area contributed by atoms with Gasteiger partial charge in [-0.15, -0.1) is 0 Å². The van der Waals surface area contributed by atoms with E-state index in [0.29, 0.717) is 19.0 Å². The molecule has 116 valence electrons. The van der Waals surface area contributed by atoms with Crippen LogP contribution in [0.5, 0.6) is 0 Å². The molecule has 0 aromatic heterocycles. The van der Waals surface area contributed by atoms with Gasteiger partial charge in [-0.25, -0.2) is 17.9 Å². The summed E-state index contributed by atoms with van der Waals surface area (Å²) >= 11 is 5.77. The largest absolute Gasteiger partial charge is 0.478 e. The van der Waals surface area contributed by atoms with Crippen molar-refractivity contribution in [2.75, 3.05) is 13.1 Å². The van der Waals surface area contributed by atoms with E-state index in [1.807, 2.05) is 0 Å². The van der Waals surface area contributed by atoms with Gasteiger partial charge in [-0.3, -0.25) is 0 Å². The van der Waals surface area contributed by atoms with Crippen LogP contribution in [0.1, 0.15) is 29.6 Å². The molecule has 1 aliphatic carbocycles. The molecule has 3 N–H and O–H groups in total. The molecule has 2 rings (SSSR count). The lowest BCUT2D eigenvalue weighted by atomic mass is 10.2. The van der Waals surface area contributed by atoms with Crippen molar-refractivity contribution in [3.05, 3.63) is 28.8 Å². The second kappa shape index (κ2) is 6.74. The van der Waals surface area contributed by atoms with Gasteiger partial charge in [0.1, 0.15) is 0 Å². The summed E-state index contributed by atoms with van der Waals surface area (Å²) in [6.45, 7) is 1.09. The molecule has 1 aromatic rings. The van der Waals surface area contributed by atoms with Gasteiger partial charge in [0.05, 0.1) is 15.5 Å². The van der Waals surface area contributed by atoms with Crippen LogP contribution < -0.4 is 10.0 Å². The summed E-state index contributed by atoms with van der Waals surface area (Å²) < 4.78 is 26.5. The highest BCUT2D eigenvalue weighted by molar-refractivity contribution is 7.89. The zero-order valence-corrected chi connectivity index (χ0v) is 12.9. The monoisotopic (exact) mass is 332 g/mol. The van der Waals surface area contributed by atoms with E-state index in [-0.39, 0.29) is 15.5 Å². The lowest BCUT2D eigenvalue weighted by Gasteiger charge is -2.08. The second-order valence-electron chi connectivity index (χ2n) is 4.93. The molecule has 1 fully saturated rings. The molecule has 0 aliphatic heterocycles. The van der Waals surface area contributed by atoms with Gasteiger partial charge < -0.3 is 10.4 Å². The van der Waals surface area contributed by atoms with Crippen LogP contribution in [-0.2, 0) is 10.0 Å².